The van der Waals surface area contributed by atoms with E-state index in [1.54, 1.807) is 6.33 Å². The molecular formula is C12H23N5. The molecule has 2 unspecified atom stereocenters. The quantitative estimate of drug-likeness (QED) is 0.844. The largest absolute Gasteiger partial charge is 0.307 e. The van der Waals surface area contributed by atoms with E-state index in [1.165, 1.54) is 19.4 Å². The maximum atomic E-state index is 4.28. The monoisotopic (exact) mass is 237 g/mol. The molecule has 1 N–H and O–H groups in total. The second kappa shape index (κ2) is 5.60. The van der Waals surface area contributed by atoms with Gasteiger partial charge in [0.15, 0.2) is 0 Å². The fraction of sp³-hybridized carbons (Fsp3) is 0.833. The molecule has 0 spiro atoms. The number of rotatable bonds is 4. The molecule has 17 heavy (non-hydrogen) atoms. The maximum absolute atomic E-state index is 4.28. The highest BCUT2D eigenvalue weighted by molar-refractivity contribution is 4.87. The second-order valence-corrected chi connectivity index (χ2v) is 4.92. The highest BCUT2D eigenvalue weighted by Gasteiger charge is 2.22. The summed E-state index contributed by atoms with van der Waals surface area (Å²) >= 11 is 0. The number of hydrogen-bond donors (Lipinski definition) is 1. The molecule has 1 fully saturated rings. The molecule has 0 bridgehead atoms. The van der Waals surface area contributed by atoms with E-state index in [0.717, 1.165) is 18.9 Å². The zero-order valence-electron chi connectivity index (χ0n) is 11.1. The summed E-state index contributed by atoms with van der Waals surface area (Å²) in [7, 11) is 2.20. The van der Waals surface area contributed by atoms with E-state index in [9.17, 15) is 0 Å². The number of nitrogens with zero attached hydrogens (tertiary/aromatic N) is 4. The minimum atomic E-state index is 0.614. The molecular weight excluding hydrogens is 214 g/mol. The molecule has 2 heterocycles. The molecule has 5 heteroatoms. The molecule has 0 radical (unpaired) electrons. The van der Waals surface area contributed by atoms with Crippen LogP contribution in [-0.2, 0) is 13.1 Å². The van der Waals surface area contributed by atoms with E-state index >= 15 is 0 Å². The van der Waals surface area contributed by atoms with Crippen LogP contribution in [-0.4, -0.2) is 45.3 Å². The van der Waals surface area contributed by atoms with Crippen LogP contribution in [0, 0.1) is 0 Å². The van der Waals surface area contributed by atoms with Gasteiger partial charge in [-0.15, -0.1) is 0 Å². The highest BCUT2D eigenvalue weighted by atomic mass is 15.3. The van der Waals surface area contributed by atoms with Crippen LogP contribution >= 0.6 is 0 Å². The van der Waals surface area contributed by atoms with Gasteiger partial charge in [-0.25, -0.2) is 9.67 Å². The Balaban J connectivity index is 1.82. The van der Waals surface area contributed by atoms with Crippen molar-refractivity contribution in [2.24, 2.45) is 0 Å². The lowest BCUT2D eigenvalue weighted by atomic mass is 9.99. The van der Waals surface area contributed by atoms with Crippen molar-refractivity contribution in [3.8, 4) is 0 Å². The highest BCUT2D eigenvalue weighted by Crippen LogP contribution is 2.15. The van der Waals surface area contributed by atoms with Gasteiger partial charge in [-0.05, 0) is 40.3 Å². The van der Waals surface area contributed by atoms with Crippen molar-refractivity contribution < 1.29 is 0 Å². The Labute approximate surface area is 103 Å². The summed E-state index contributed by atoms with van der Waals surface area (Å²) in [5, 5.41) is 7.78. The average Bonchev–Trinajstić information content (AvgIpc) is 2.78. The van der Waals surface area contributed by atoms with Crippen molar-refractivity contribution in [2.45, 2.75) is 51.9 Å². The fourth-order valence-corrected chi connectivity index (χ4v) is 2.40. The van der Waals surface area contributed by atoms with Crippen molar-refractivity contribution in [1.29, 1.82) is 0 Å². The SMILES string of the molecule is CCn1ncnc1CNC1CCN(C)C(C)C1. The molecule has 0 aliphatic carbocycles. The van der Waals surface area contributed by atoms with Crippen LogP contribution in [0.25, 0.3) is 0 Å². The Hall–Kier alpha value is -0.940. The summed E-state index contributed by atoms with van der Waals surface area (Å²) in [5.74, 6) is 1.04. The summed E-state index contributed by atoms with van der Waals surface area (Å²) in [4.78, 5) is 6.71. The molecule has 2 atom stereocenters. The van der Waals surface area contributed by atoms with Crippen LogP contribution in [0.3, 0.4) is 0 Å². The van der Waals surface area contributed by atoms with E-state index in [0.29, 0.717) is 12.1 Å². The van der Waals surface area contributed by atoms with Crippen molar-refractivity contribution in [2.75, 3.05) is 13.6 Å². The number of likely N-dealkylation sites (tertiary alicyclic amines) is 1. The molecule has 0 aromatic carbocycles. The molecule has 1 aliphatic rings. The zero-order valence-corrected chi connectivity index (χ0v) is 11.1. The molecule has 5 nitrogen and oxygen atoms in total. The Morgan fingerprint density at radius 2 is 2.35 bits per heavy atom. The first-order valence-corrected chi connectivity index (χ1v) is 6.51. The fourth-order valence-electron chi connectivity index (χ4n) is 2.40. The number of hydrogen-bond acceptors (Lipinski definition) is 4. The normalized spacial score (nSPS) is 26.3. The van der Waals surface area contributed by atoms with Crippen LogP contribution in [0.1, 0.15) is 32.5 Å². The molecule has 0 saturated carbocycles. The molecule has 1 aliphatic heterocycles. The van der Waals surface area contributed by atoms with E-state index in [4.69, 9.17) is 0 Å². The number of aromatic nitrogens is 3. The summed E-state index contributed by atoms with van der Waals surface area (Å²) in [6, 6.07) is 1.29. The van der Waals surface area contributed by atoms with E-state index < -0.39 is 0 Å². The minimum Gasteiger partial charge on any atom is -0.307 e. The average molecular weight is 237 g/mol. The van der Waals surface area contributed by atoms with Gasteiger partial charge in [-0.2, -0.15) is 5.10 Å². The van der Waals surface area contributed by atoms with Crippen LogP contribution in [0.4, 0.5) is 0 Å². The van der Waals surface area contributed by atoms with E-state index in [2.05, 4.69) is 41.2 Å². The number of aryl methyl sites for hydroxylation is 1. The van der Waals surface area contributed by atoms with E-state index in [-0.39, 0.29) is 0 Å². The van der Waals surface area contributed by atoms with Gasteiger partial charge in [0, 0.05) is 18.6 Å². The topological polar surface area (TPSA) is 46.0 Å². The third-order valence-electron chi connectivity index (χ3n) is 3.75. The summed E-state index contributed by atoms with van der Waals surface area (Å²) < 4.78 is 1.95. The molecule has 1 saturated heterocycles. The van der Waals surface area contributed by atoms with Gasteiger partial charge in [-0.1, -0.05) is 0 Å². The summed E-state index contributed by atoms with van der Waals surface area (Å²) in [5.41, 5.74) is 0. The van der Waals surface area contributed by atoms with Crippen LogP contribution < -0.4 is 5.32 Å². The first kappa shape index (κ1) is 12.5. The molecule has 1 aromatic heterocycles. The van der Waals surface area contributed by atoms with Crippen molar-refractivity contribution in [3.05, 3.63) is 12.2 Å². The lowest BCUT2D eigenvalue weighted by Gasteiger charge is -2.35. The van der Waals surface area contributed by atoms with Crippen LogP contribution in [0.2, 0.25) is 0 Å². The Morgan fingerprint density at radius 1 is 1.53 bits per heavy atom. The molecule has 0 amide bonds. The third-order valence-corrected chi connectivity index (χ3v) is 3.75. The van der Waals surface area contributed by atoms with Crippen molar-refractivity contribution in [3.63, 3.8) is 0 Å². The molecule has 2 rings (SSSR count). The Morgan fingerprint density at radius 3 is 3.06 bits per heavy atom. The molecule has 1 aromatic rings. The number of piperidine rings is 1. The van der Waals surface area contributed by atoms with Gasteiger partial charge in [0.25, 0.3) is 0 Å². The van der Waals surface area contributed by atoms with Gasteiger partial charge in [0.05, 0.1) is 6.54 Å². The summed E-state index contributed by atoms with van der Waals surface area (Å²) in [6.45, 7) is 7.28. The second-order valence-electron chi connectivity index (χ2n) is 4.92. The Bertz CT molecular complexity index is 348. The summed E-state index contributed by atoms with van der Waals surface area (Å²) in [6.07, 6.45) is 4.08. The van der Waals surface area contributed by atoms with Crippen LogP contribution in [0.5, 0.6) is 0 Å². The molecule has 96 valence electrons. The Kier molecular flexibility index (Phi) is 4.12. The standard InChI is InChI=1S/C12H23N5/c1-4-17-12(14-9-15-17)8-13-11-5-6-16(3)10(2)7-11/h9-11,13H,4-8H2,1-3H3. The van der Waals surface area contributed by atoms with Crippen LogP contribution in [0.15, 0.2) is 6.33 Å². The lowest BCUT2D eigenvalue weighted by molar-refractivity contribution is 0.167. The number of nitrogens with one attached hydrogen (secondary N) is 1. The third kappa shape index (κ3) is 3.04. The predicted molar refractivity (Wildman–Crippen MR) is 67.6 cm³/mol. The van der Waals surface area contributed by atoms with E-state index in [1.807, 2.05) is 4.68 Å². The first-order chi connectivity index (χ1) is 8.20. The maximum Gasteiger partial charge on any atom is 0.140 e. The lowest BCUT2D eigenvalue weighted by Crippen LogP contribution is -2.45. The smallest absolute Gasteiger partial charge is 0.140 e. The van der Waals surface area contributed by atoms with Crippen molar-refractivity contribution >= 4 is 0 Å². The van der Waals surface area contributed by atoms with Gasteiger partial charge >= 0.3 is 0 Å². The predicted octanol–water partition coefficient (Wildman–Crippen LogP) is 0.870. The van der Waals surface area contributed by atoms with Crippen molar-refractivity contribution in [1.82, 2.24) is 25.0 Å². The van der Waals surface area contributed by atoms with Gasteiger partial charge in [-0.3, -0.25) is 0 Å². The first-order valence-electron chi connectivity index (χ1n) is 6.51. The van der Waals surface area contributed by atoms with Gasteiger partial charge in [0.2, 0.25) is 0 Å². The minimum absolute atomic E-state index is 0.614. The van der Waals surface area contributed by atoms with Gasteiger partial charge < -0.3 is 10.2 Å². The zero-order chi connectivity index (χ0) is 12.3. The van der Waals surface area contributed by atoms with Gasteiger partial charge in [0.1, 0.15) is 12.2 Å².